The molecule has 0 saturated heterocycles. The van der Waals surface area contributed by atoms with E-state index in [1.165, 1.54) is 19.3 Å². The molecule has 0 bridgehead atoms. The number of nitrogens with zero attached hydrogens (tertiary/aromatic N) is 2. The molecule has 1 amide bonds. The number of nitrogens with one attached hydrogen (secondary N) is 2. The van der Waals surface area contributed by atoms with Crippen LogP contribution >= 0.6 is 0 Å². The number of nitro groups is 1. The van der Waals surface area contributed by atoms with Crippen molar-refractivity contribution in [2.75, 3.05) is 0 Å². The summed E-state index contributed by atoms with van der Waals surface area (Å²) in [7, 11) is 0. The molecule has 1 aromatic rings. The van der Waals surface area contributed by atoms with Crippen LogP contribution in [0.1, 0.15) is 55.4 Å². The van der Waals surface area contributed by atoms with Gasteiger partial charge in [-0.3, -0.25) is 20.0 Å². The summed E-state index contributed by atoms with van der Waals surface area (Å²) in [6.07, 6.45) is 8.76. The van der Waals surface area contributed by atoms with Crippen LogP contribution in [0.3, 0.4) is 0 Å². The molecule has 1 heterocycles. The second-order valence-corrected chi connectivity index (χ2v) is 4.90. The van der Waals surface area contributed by atoms with E-state index >= 15 is 0 Å². The third-order valence-corrected chi connectivity index (χ3v) is 3.48. The molecule has 1 fully saturated rings. The van der Waals surface area contributed by atoms with Crippen LogP contribution in [0.4, 0.5) is 5.69 Å². The zero-order chi connectivity index (χ0) is 13.7. The molecule has 1 aliphatic carbocycles. The van der Waals surface area contributed by atoms with Gasteiger partial charge in [0.2, 0.25) is 5.69 Å². The van der Waals surface area contributed by atoms with Crippen LogP contribution in [0.15, 0.2) is 6.20 Å². The standard InChI is InChI=1S/C12H18N4O3/c17-12(11-10(16(18)19)8-13-15-11)14-9-6-4-2-1-3-5-7-9/h8-9H,1-7H2,(H,13,15)(H,14,17). The third kappa shape index (κ3) is 3.52. The largest absolute Gasteiger partial charge is 0.348 e. The van der Waals surface area contributed by atoms with Gasteiger partial charge in [0.05, 0.1) is 4.92 Å². The zero-order valence-corrected chi connectivity index (χ0v) is 10.7. The van der Waals surface area contributed by atoms with Gasteiger partial charge in [-0.15, -0.1) is 0 Å². The first kappa shape index (κ1) is 13.5. The Balaban J connectivity index is 1.99. The van der Waals surface area contributed by atoms with Crippen molar-refractivity contribution in [2.24, 2.45) is 0 Å². The summed E-state index contributed by atoms with van der Waals surface area (Å²) in [5.41, 5.74) is -0.338. The molecular weight excluding hydrogens is 248 g/mol. The van der Waals surface area contributed by atoms with Gasteiger partial charge >= 0.3 is 5.69 Å². The van der Waals surface area contributed by atoms with Crippen molar-refractivity contribution in [3.8, 4) is 0 Å². The lowest BCUT2D eigenvalue weighted by Crippen LogP contribution is -2.35. The summed E-state index contributed by atoms with van der Waals surface area (Å²) in [4.78, 5) is 22.2. The number of carbonyl (C=O) groups excluding carboxylic acids is 1. The van der Waals surface area contributed by atoms with Gasteiger partial charge in [0, 0.05) is 6.04 Å². The minimum atomic E-state index is -0.601. The van der Waals surface area contributed by atoms with Crippen LogP contribution in [0, 0.1) is 10.1 Å². The second kappa shape index (κ2) is 6.31. The lowest BCUT2D eigenvalue weighted by Gasteiger charge is -2.20. The first-order valence-corrected chi connectivity index (χ1v) is 6.67. The molecule has 7 heteroatoms. The molecule has 0 aliphatic heterocycles. The SMILES string of the molecule is O=C(NC1CCCCCCC1)c1[nH]ncc1[N+](=O)[O-]. The Morgan fingerprint density at radius 2 is 1.95 bits per heavy atom. The van der Waals surface area contributed by atoms with Gasteiger partial charge in [-0.25, -0.2) is 0 Å². The Bertz CT molecular complexity index is 450. The van der Waals surface area contributed by atoms with E-state index < -0.39 is 10.8 Å². The van der Waals surface area contributed by atoms with Crippen molar-refractivity contribution in [3.05, 3.63) is 22.0 Å². The molecule has 0 radical (unpaired) electrons. The van der Waals surface area contributed by atoms with Crippen LogP contribution in [-0.2, 0) is 0 Å². The number of H-pyrrole nitrogens is 1. The second-order valence-electron chi connectivity index (χ2n) is 4.90. The maximum Gasteiger partial charge on any atom is 0.319 e. The summed E-state index contributed by atoms with van der Waals surface area (Å²) in [5.74, 6) is -0.435. The van der Waals surface area contributed by atoms with Gasteiger partial charge in [-0.2, -0.15) is 5.10 Å². The van der Waals surface area contributed by atoms with Gasteiger partial charge in [0.15, 0.2) is 0 Å². The molecule has 2 N–H and O–H groups in total. The van der Waals surface area contributed by atoms with E-state index in [4.69, 9.17) is 0 Å². The van der Waals surface area contributed by atoms with Crippen LogP contribution < -0.4 is 5.32 Å². The maximum atomic E-state index is 12.0. The van der Waals surface area contributed by atoms with E-state index in [1.807, 2.05) is 0 Å². The Morgan fingerprint density at radius 1 is 1.32 bits per heavy atom. The number of hydrogen-bond donors (Lipinski definition) is 2. The van der Waals surface area contributed by atoms with Crippen molar-refractivity contribution in [1.29, 1.82) is 0 Å². The van der Waals surface area contributed by atoms with Crippen LogP contribution in [0.25, 0.3) is 0 Å². The average molecular weight is 266 g/mol. The number of aromatic amines is 1. The molecular formula is C12H18N4O3. The summed E-state index contributed by atoms with van der Waals surface area (Å²) < 4.78 is 0. The molecule has 0 aromatic carbocycles. The number of rotatable bonds is 3. The molecule has 0 atom stereocenters. The minimum Gasteiger partial charge on any atom is -0.348 e. The normalized spacial score (nSPS) is 17.5. The highest BCUT2D eigenvalue weighted by Crippen LogP contribution is 2.19. The summed E-state index contributed by atoms with van der Waals surface area (Å²) in [5, 5.41) is 19.6. The van der Waals surface area contributed by atoms with Crippen LogP contribution in [0.2, 0.25) is 0 Å². The smallest absolute Gasteiger partial charge is 0.319 e. The quantitative estimate of drug-likeness (QED) is 0.646. The third-order valence-electron chi connectivity index (χ3n) is 3.48. The number of aromatic nitrogens is 2. The summed E-state index contributed by atoms with van der Waals surface area (Å²) in [6, 6.07) is 0.107. The maximum absolute atomic E-state index is 12.0. The summed E-state index contributed by atoms with van der Waals surface area (Å²) in [6.45, 7) is 0. The van der Waals surface area contributed by atoms with E-state index in [-0.39, 0.29) is 17.4 Å². The van der Waals surface area contributed by atoms with Crippen molar-refractivity contribution in [2.45, 2.75) is 51.0 Å². The predicted octanol–water partition coefficient (Wildman–Crippen LogP) is 2.16. The van der Waals surface area contributed by atoms with E-state index in [9.17, 15) is 14.9 Å². The molecule has 1 aliphatic rings. The monoisotopic (exact) mass is 266 g/mol. The Hall–Kier alpha value is -1.92. The van der Waals surface area contributed by atoms with E-state index in [1.54, 1.807) is 0 Å². The van der Waals surface area contributed by atoms with Gasteiger partial charge < -0.3 is 5.32 Å². The fourth-order valence-electron chi connectivity index (χ4n) is 2.44. The van der Waals surface area contributed by atoms with E-state index in [0.29, 0.717) is 0 Å². The molecule has 19 heavy (non-hydrogen) atoms. The van der Waals surface area contributed by atoms with Crippen molar-refractivity contribution in [3.63, 3.8) is 0 Å². The molecule has 1 aromatic heterocycles. The molecule has 7 nitrogen and oxygen atoms in total. The molecule has 0 unspecified atom stereocenters. The topological polar surface area (TPSA) is 101 Å². The van der Waals surface area contributed by atoms with Crippen molar-refractivity contribution >= 4 is 11.6 Å². The first-order valence-electron chi connectivity index (χ1n) is 6.67. The highest BCUT2D eigenvalue weighted by atomic mass is 16.6. The number of hydrogen-bond acceptors (Lipinski definition) is 4. The van der Waals surface area contributed by atoms with Gasteiger partial charge in [-0.1, -0.05) is 32.1 Å². The Morgan fingerprint density at radius 3 is 2.58 bits per heavy atom. The zero-order valence-electron chi connectivity index (χ0n) is 10.7. The number of carbonyl (C=O) groups is 1. The fraction of sp³-hybridized carbons (Fsp3) is 0.667. The molecule has 0 spiro atoms. The lowest BCUT2D eigenvalue weighted by atomic mass is 9.96. The fourth-order valence-corrected chi connectivity index (χ4v) is 2.44. The lowest BCUT2D eigenvalue weighted by molar-refractivity contribution is -0.385. The van der Waals surface area contributed by atoms with E-state index in [2.05, 4.69) is 15.5 Å². The van der Waals surface area contributed by atoms with Gasteiger partial charge in [0.25, 0.3) is 5.91 Å². The first-order chi connectivity index (χ1) is 9.18. The van der Waals surface area contributed by atoms with E-state index in [0.717, 1.165) is 31.9 Å². The molecule has 1 saturated carbocycles. The summed E-state index contributed by atoms with van der Waals surface area (Å²) >= 11 is 0. The number of amides is 1. The predicted molar refractivity (Wildman–Crippen MR) is 68.8 cm³/mol. The molecule has 104 valence electrons. The minimum absolute atomic E-state index is 0.0629. The van der Waals surface area contributed by atoms with Crippen LogP contribution in [-0.4, -0.2) is 27.1 Å². The van der Waals surface area contributed by atoms with Gasteiger partial charge in [-0.05, 0) is 12.8 Å². The molecule has 2 rings (SSSR count). The van der Waals surface area contributed by atoms with Crippen molar-refractivity contribution in [1.82, 2.24) is 15.5 Å². The van der Waals surface area contributed by atoms with Gasteiger partial charge in [0.1, 0.15) is 6.20 Å². The van der Waals surface area contributed by atoms with Crippen molar-refractivity contribution < 1.29 is 9.72 Å². The average Bonchev–Trinajstić information content (AvgIpc) is 2.81. The highest BCUT2D eigenvalue weighted by molar-refractivity contribution is 5.96. The Labute approximate surface area is 110 Å². The van der Waals surface area contributed by atoms with Crippen LogP contribution in [0.5, 0.6) is 0 Å². The highest BCUT2D eigenvalue weighted by Gasteiger charge is 2.24. The Kier molecular flexibility index (Phi) is 4.48.